The third kappa shape index (κ3) is 4.97. The number of hydrogen-bond donors (Lipinski definition) is 1. The van der Waals surface area contributed by atoms with Gasteiger partial charge in [-0.15, -0.1) is 0 Å². The van der Waals surface area contributed by atoms with Crippen LogP contribution in [0.2, 0.25) is 0 Å². The Hall–Kier alpha value is -1.92. The molecule has 0 radical (unpaired) electrons. The van der Waals surface area contributed by atoms with Gasteiger partial charge in [0, 0.05) is 44.3 Å². The molecule has 33 heavy (non-hydrogen) atoms. The summed E-state index contributed by atoms with van der Waals surface area (Å²) in [6, 6.07) is 18.0. The monoisotopic (exact) mass is 450 g/mol. The van der Waals surface area contributed by atoms with Gasteiger partial charge in [-0.1, -0.05) is 36.4 Å². The normalized spacial score (nSPS) is 27.3. The maximum atomic E-state index is 10.3. The molecular weight excluding hydrogens is 412 g/mol. The Kier molecular flexibility index (Phi) is 7.31. The van der Waals surface area contributed by atoms with Crippen molar-refractivity contribution >= 4 is 0 Å². The lowest BCUT2D eigenvalue weighted by molar-refractivity contribution is -0.0677. The maximum Gasteiger partial charge on any atom is 0.119 e. The van der Waals surface area contributed by atoms with Gasteiger partial charge in [-0.05, 0) is 73.5 Å². The third-order valence-corrected chi connectivity index (χ3v) is 8.01. The summed E-state index contributed by atoms with van der Waals surface area (Å²) in [5.41, 5.74) is 3.73. The molecule has 3 aliphatic rings. The van der Waals surface area contributed by atoms with E-state index in [1.807, 2.05) is 12.1 Å². The molecule has 0 bridgehead atoms. The summed E-state index contributed by atoms with van der Waals surface area (Å²) in [6.07, 6.45) is 4.86. The van der Waals surface area contributed by atoms with Gasteiger partial charge in [-0.2, -0.15) is 0 Å². The van der Waals surface area contributed by atoms with E-state index in [2.05, 4.69) is 46.2 Å². The molecule has 2 aromatic rings. The second-order valence-electron chi connectivity index (χ2n) is 9.96. The molecule has 0 spiro atoms. The molecular formula is C28H38N2O3. The minimum atomic E-state index is 0.235. The largest absolute Gasteiger partial charge is 0.497 e. The van der Waals surface area contributed by atoms with Crippen LogP contribution in [0.4, 0.5) is 0 Å². The summed E-state index contributed by atoms with van der Waals surface area (Å²) in [5, 5.41) is 10.3. The minimum Gasteiger partial charge on any atom is -0.497 e. The number of methoxy groups -OCH3 is 1. The van der Waals surface area contributed by atoms with E-state index in [1.165, 1.54) is 55.5 Å². The van der Waals surface area contributed by atoms with Crippen LogP contribution in [0.1, 0.15) is 37.2 Å². The first-order valence-electron chi connectivity index (χ1n) is 12.7. The van der Waals surface area contributed by atoms with E-state index in [0.717, 1.165) is 38.0 Å². The van der Waals surface area contributed by atoms with E-state index in [4.69, 9.17) is 9.47 Å². The Morgan fingerprint density at radius 2 is 1.79 bits per heavy atom. The van der Waals surface area contributed by atoms with Crippen molar-refractivity contribution in [1.82, 2.24) is 9.80 Å². The molecule has 5 rings (SSSR count). The number of benzene rings is 2. The summed E-state index contributed by atoms with van der Waals surface area (Å²) in [7, 11) is 1.71. The number of fused-ring (bicyclic) bond motifs is 1. The van der Waals surface area contributed by atoms with Crippen molar-refractivity contribution < 1.29 is 14.6 Å². The molecule has 3 atom stereocenters. The van der Waals surface area contributed by atoms with Crippen LogP contribution in [0, 0.1) is 5.92 Å². The smallest absolute Gasteiger partial charge is 0.119 e. The molecule has 178 valence electrons. The first-order chi connectivity index (χ1) is 16.3. The third-order valence-electron chi connectivity index (χ3n) is 8.01. The van der Waals surface area contributed by atoms with E-state index >= 15 is 0 Å². The molecule has 5 heteroatoms. The van der Waals surface area contributed by atoms with E-state index in [1.54, 1.807) is 7.11 Å². The Bertz CT molecular complexity index is 896. The van der Waals surface area contributed by atoms with Gasteiger partial charge in [0.15, 0.2) is 0 Å². The van der Waals surface area contributed by atoms with Gasteiger partial charge >= 0.3 is 0 Å². The van der Waals surface area contributed by atoms with Crippen molar-refractivity contribution in [3.8, 4) is 16.9 Å². The quantitative estimate of drug-likeness (QED) is 0.720. The number of nitrogens with zero attached hydrogens (tertiary/aromatic N) is 2. The highest BCUT2D eigenvalue weighted by atomic mass is 16.5. The second kappa shape index (κ2) is 10.6. The van der Waals surface area contributed by atoms with Crippen molar-refractivity contribution in [1.29, 1.82) is 0 Å². The van der Waals surface area contributed by atoms with Crippen LogP contribution in [0.25, 0.3) is 11.1 Å². The zero-order chi connectivity index (χ0) is 22.6. The lowest BCUT2D eigenvalue weighted by Crippen LogP contribution is -2.67. The summed E-state index contributed by atoms with van der Waals surface area (Å²) in [4.78, 5) is 5.29. The molecule has 3 fully saturated rings. The van der Waals surface area contributed by atoms with Crippen molar-refractivity contribution in [2.24, 2.45) is 5.92 Å². The topological polar surface area (TPSA) is 45.2 Å². The number of hydrogen-bond acceptors (Lipinski definition) is 5. The second-order valence-corrected chi connectivity index (χ2v) is 9.96. The highest BCUT2D eigenvalue weighted by Gasteiger charge is 2.49. The number of rotatable bonds is 6. The fraction of sp³-hybridized carbons (Fsp3) is 0.571. The predicted octanol–water partition coefficient (Wildman–Crippen LogP) is 4.01. The molecule has 0 aromatic heterocycles. The molecule has 1 unspecified atom stereocenters. The lowest BCUT2D eigenvalue weighted by Gasteiger charge is -2.57. The molecule has 3 saturated heterocycles. The number of ether oxygens (including phenoxy) is 2. The van der Waals surface area contributed by atoms with Gasteiger partial charge in [-0.25, -0.2) is 0 Å². The van der Waals surface area contributed by atoms with Crippen molar-refractivity contribution in [3.63, 3.8) is 0 Å². The predicted molar refractivity (Wildman–Crippen MR) is 132 cm³/mol. The summed E-state index contributed by atoms with van der Waals surface area (Å²) >= 11 is 0. The molecule has 3 aliphatic heterocycles. The van der Waals surface area contributed by atoms with Crippen LogP contribution in [0.3, 0.4) is 0 Å². The number of aliphatic hydroxyl groups excluding tert-OH is 1. The van der Waals surface area contributed by atoms with Gasteiger partial charge in [0.25, 0.3) is 0 Å². The van der Waals surface area contributed by atoms with Crippen molar-refractivity contribution in [3.05, 3.63) is 54.1 Å². The van der Waals surface area contributed by atoms with Gasteiger partial charge in [0.2, 0.25) is 0 Å². The number of aliphatic hydroxyl groups is 1. The van der Waals surface area contributed by atoms with E-state index in [-0.39, 0.29) is 12.6 Å². The minimum absolute atomic E-state index is 0.235. The molecule has 2 aromatic carbocycles. The van der Waals surface area contributed by atoms with Crippen LogP contribution in [0.15, 0.2) is 48.5 Å². The first-order valence-corrected chi connectivity index (χ1v) is 12.7. The Morgan fingerprint density at radius 3 is 2.55 bits per heavy atom. The summed E-state index contributed by atoms with van der Waals surface area (Å²) < 4.78 is 11.0. The van der Waals surface area contributed by atoms with Crippen LogP contribution in [0.5, 0.6) is 5.75 Å². The van der Waals surface area contributed by atoms with Gasteiger partial charge in [-0.3, -0.25) is 4.90 Å². The highest BCUT2D eigenvalue weighted by Crippen LogP contribution is 2.42. The Morgan fingerprint density at radius 1 is 1.00 bits per heavy atom. The molecule has 0 amide bonds. The molecule has 5 nitrogen and oxygen atoms in total. The zero-order valence-corrected chi connectivity index (χ0v) is 19.9. The molecule has 1 N–H and O–H groups in total. The fourth-order valence-corrected chi connectivity index (χ4v) is 6.17. The first kappa shape index (κ1) is 22.9. The molecule has 0 aliphatic carbocycles. The van der Waals surface area contributed by atoms with Crippen LogP contribution in [-0.2, 0) is 4.74 Å². The van der Waals surface area contributed by atoms with E-state index < -0.39 is 0 Å². The van der Waals surface area contributed by atoms with Gasteiger partial charge in [0.05, 0.1) is 13.7 Å². The standard InChI is InChI=1S/C28H38N2O3/c1-32-25-6-4-5-24(17-25)22-7-9-23(10-8-22)28-26-19-29(18-21-11-15-33-16-12-21)13-2-3-14-30(26)27(28)20-31/h4-10,17,21,26-28,31H,2-3,11-16,18-20H2,1H3/t26-,27+,28?/m0/s1. The average Bonchev–Trinajstić information content (AvgIpc) is 2.85. The fourth-order valence-electron chi connectivity index (χ4n) is 6.17. The summed E-state index contributed by atoms with van der Waals surface area (Å²) in [5.74, 6) is 2.04. The SMILES string of the molecule is COc1cccc(-c2ccc(C3[C@@H](CO)N4CCCCN(CC5CCOCC5)C[C@@H]34)cc2)c1. The van der Waals surface area contributed by atoms with Crippen LogP contribution >= 0.6 is 0 Å². The highest BCUT2D eigenvalue weighted by molar-refractivity contribution is 5.65. The average molecular weight is 451 g/mol. The Balaban J connectivity index is 1.32. The molecule has 3 heterocycles. The van der Waals surface area contributed by atoms with Gasteiger partial charge in [0.1, 0.15) is 5.75 Å². The van der Waals surface area contributed by atoms with Crippen molar-refractivity contribution in [2.45, 2.75) is 43.7 Å². The maximum absolute atomic E-state index is 10.3. The Labute approximate surface area is 198 Å². The molecule has 0 saturated carbocycles. The van der Waals surface area contributed by atoms with E-state index in [0.29, 0.717) is 12.0 Å². The summed E-state index contributed by atoms with van der Waals surface area (Å²) in [6.45, 7) is 6.69. The van der Waals surface area contributed by atoms with E-state index in [9.17, 15) is 5.11 Å². The van der Waals surface area contributed by atoms with Crippen LogP contribution < -0.4 is 4.74 Å². The van der Waals surface area contributed by atoms with Gasteiger partial charge < -0.3 is 19.5 Å². The lowest BCUT2D eigenvalue weighted by atomic mass is 9.74. The van der Waals surface area contributed by atoms with Crippen molar-refractivity contribution in [2.75, 3.05) is 53.1 Å². The van der Waals surface area contributed by atoms with Crippen LogP contribution in [-0.4, -0.2) is 80.1 Å². The zero-order valence-electron chi connectivity index (χ0n) is 19.9.